The lowest BCUT2D eigenvalue weighted by atomic mass is 10.2. The van der Waals surface area contributed by atoms with Gasteiger partial charge in [0.25, 0.3) is 11.8 Å². The highest BCUT2D eigenvalue weighted by atomic mass is 16.2. The molecule has 0 saturated carbocycles. The Morgan fingerprint density at radius 1 is 1.12 bits per heavy atom. The largest absolute Gasteiger partial charge is 0.272 e. The Bertz CT molecular complexity index is 913. The molecule has 0 saturated heterocycles. The number of hydrazine groups is 1. The Labute approximate surface area is 150 Å². The monoisotopic (exact) mass is 352 g/mol. The lowest BCUT2D eigenvalue weighted by Crippen LogP contribution is -2.43. The predicted octanol–water partition coefficient (Wildman–Crippen LogP) is 1.21. The summed E-state index contributed by atoms with van der Waals surface area (Å²) in [5.74, 6) is -0.785. The van der Waals surface area contributed by atoms with Crippen molar-refractivity contribution in [2.75, 3.05) is 0 Å². The normalized spacial score (nSPS) is 10.5. The van der Waals surface area contributed by atoms with Gasteiger partial charge in [-0.1, -0.05) is 30.3 Å². The lowest BCUT2D eigenvalue weighted by Gasteiger charge is -2.07. The highest BCUT2D eigenvalue weighted by Crippen LogP contribution is 2.04. The maximum absolute atomic E-state index is 12.1. The summed E-state index contributed by atoms with van der Waals surface area (Å²) in [5, 5.41) is 8.38. The van der Waals surface area contributed by atoms with Crippen molar-refractivity contribution in [2.24, 2.45) is 0 Å². The molecule has 2 aromatic heterocycles. The minimum absolute atomic E-state index is 0.0349. The molecule has 8 heteroatoms. The number of benzene rings is 1. The smallest absolute Gasteiger partial charge is 0.271 e. The first kappa shape index (κ1) is 17.4. The number of carbonyl (C=O) groups is 2. The molecule has 3 aromatic rings. The van der Waals surface area contributed by atoms with E-state index in [-0.39, 0.29) is 12.5 Å². The maximum Gasteiger partial charge on any atom is 0.272 e. The van der Waals surface area contributed by atoms with E-state index in [1.807, 2.05) is 50.2 Å². The van der Waals surface area contributed by atoms with Crippen molar-refractivity contribution in [3.63, 3.8) is 0 Å². The van der Waals surface area contributed by atoms with E-state index in [1.165, 1.54) is 6.20 Å². The number of amides is 2. The first-order valence-corrected chi connectivity index (χ1v) is 8.18. The van der Waals surface area contributed by atoms with E-state index >= 15 is 0 Å². The van der Waals surface area contributed by atoms with Crippen LogP contribution < -0.4 is 10.9 Å². The molecule has 0 bridgehead atoms. The Kier molecular flexibility index (Phi) is 5.12. The SMILES string of the molecule is Cc1cc(C)n(CC(=O)NNC(=O)c2cnn(Cc3ccccc3)c2)n1. The van der Waals surface area contributed by atoms with Gasteiger partial charge in [0.05, 0.1) is 24.0 Å². The number of rotatable bonds is 5. The fraction of sp³-hybridized carbons (Fsp3) is 0.222. The van der Waals surface area contributed by atoms with Crippen LogP contribution in [0.4, 0.5) is 0 Å². The fourth-order valence-corrected chi connectivity index (χ4v) is 2.55. The first-order valence-electron chi connectivity index (χ1n) is 8.18. The molecule has 3 rings (SSSR count). The molecule has 2 N–H and O–H groups in total. The van der Waals surface area contributed by atoms with Crippen molar-refractivity contribution in [1.82, 2.24) is 30.4 Å². The van der Waals surface area contributed by atoms with Crippen LogP contribution in [0.15, 0.2) is 48.8 Å². The van der Waals surface area contributed by atoms with Crippen molar-refractivity contribution >= 4 is 11.8 Å². The van der Waals surface area contributed by atoms with E-state index in [9.17, 15) is 9.59 Å². The number of nitrogens with zero attached hydrogens (tertiary/aromatic N) is 4. The number of aryl methyl sites for hydroxylation is 2. The molecule has 0 aliphatic rings. The van der Waals surface area contributed by atoms with E-state index in [2.05, 4.69) is 21.0 Å². The summed E-state index contributed by atoms with van der Waals surface area (Å²) in [6.07, 6.45) is 3.10. The average molecular weight is 352 g/mol. The summed E-state index contributed by atoms with van der Waals surface area (Å²) in [4.78, 5) is 24.1. The molecule has 0 spiro atoms. The second kappa shape index (κ2) is 7.64. The molecule has 0 aliphatic carbocycles. The van der Waals surface area contributed by atoms with Crippen LogP contribution in [0.25, 0.3) is 0 Å². The van der Waals surface area contributed by atoms with Crippen molar-refractivity contribution in [3.05, 3.63) is 71.3 Å². The predicted molar refractivity (Wildman–Crippen MR) is 95.1 cm³/mol. The molecule has 134 valence electrons. The van der Waals surface area contributed by atoms with Gasteiger partial charge in [0, 0.05) is 11.9 Å². The van der Waals surface area contributed by atoms with Gasteiger partial charge in [-0.25, -0.2) is 0 Å². The minimum atomic E-state index is -0.425. The van der Waals surface area contributed by atoms with Gasteiger partial charge in [0.2, 0.25) is 0 Å². The maximum atomic E-state index is 12.1. The second-order valence-corrected chi connectivity index (χ2v) is 6.00. The van der Waals surface area contributed by atoms with Gasteiger partial charge in [0.15, 0.2) is 0 Å². The summed E-state index contributed by atoms with van der Waals surface area (Å²) in [5.41, 5.74) is 7.95. The number of carbonyl (C=O) groups excluding carboxylic acids is 2. The molecule has 0 unspecified atom stereocenters. The molecule has 1 aromatic carbocycles. The average Bonchev–Trinajstić information content (AvgIpc) is 3.20. The van der Waals surface area contributed by atoms with E-state index in [1.54, 1.807) is 15.6 Å². The van der Waals surface area contributed by atoms with Crippen LogP contribution in [0.3, 0.4) is 0 Å². The number of hydrogen-bond acceptors (Lipinski definition) is 4. The summed E-state index contributed by atoms with van der Waals surface area (Å²) in [6, 6.07) is 11.7. The summed E-state index contributed by atoms with van der Waals surface area (Å²) in [6.45, 7) is 4.33. The lowest BCUT2D eigenvalue weighted by molar-refractivity contribution is -0.122. The number of hydrogen-bond donors (Lipinski definition) is 2. The first-order chi connectivity index (χ1) is 12.5. The van der Waals surface area contributed by atoms with Crippen LogP contribution in [0.5, 0.6) is 0 Å². The van der Waals surface area contributed by atoms with Crippen LogP contribution in [0.2, 0.25) is 0 Å². The van der Waals surface area contributed by atoms with Gasteiger partial charge in [-0.05, 0) is 25.5 Å². The second-order valence-electron chi connectivity index (χ2n) is 6.00. The van der Waals surface area contributed by atoms with E-state index in [0.29, 0.717) is 12.1 Å². The van der Waals surface area contributed by atoms with Gasteiger partial charge in [-0.3, -0.25) is 29.8 Å². The molecule has 0 radical (unpaired) electrons. The van der Waals surface area contributed by atoms with Crippen LogP contribution in [0.1, 0.15) is 27.3 Å². The Morgan fingerprint density at radius 3 is 2.58 bits per heavy atom. The Morgan fingerprint density at radius 2 is 1.88 bits per heavy atom. The molecule has 26 heavy (non-hydrogen) atoms. The number of nitrogens with one attached hydrogen (secondary N) is 2. The summed E-state index contributed by atoms with van der Waals surface area (Å²) < 4.78 is 3.25. The van der Waals surface area contributed by atoms with E-state index in [4.69, 9.17) is 0 Å². The van der Waals surface area contributed by atoms with Crippen molar-refractivity contribution in [2.45, 2.75) is 26.9 Å². The van der Waals surface area contributed by atoms with Crippen molar-refractivity contribution in [3.8, 4) is 0 Å². The quantitative estimate of drug-likeness (QED) is 0.675. The van der Waals surface area contributed by atoms with Crippen molar-refractivity contribution < 1.29 is 9.59 Å². The van der Waals surface area contributed by atoms with Crippen LogP contribution in [0, 0.1) is 13.8 Å². The summed E-state index contributed by atoms with van der Waals surface area (Å²) in [7, 11) is 0. The van der Waals surface area contributed by atoms with E-state index in [0.717, 1.165) is 17.0 Å². The van der Waals surface area contributed by atoms with Gasteiger partial charge in [-0.15, -0.1) is 0 Å². The third-order valence-electron chi connectivity index (χ3n) is 3.80. The molecular formula is C18H20N6O2. The van der Waals surface area contributed by atoms with Crippen LogP contribution in [-0.2, 0) is 17.9 Å². The molecule has 0 atom stereocenters. The van der Waals surface area contributed by atoms with Crippen LogP contribution >= 0.6 is 0 Å². The minimum Gasteiger partial charge on any atom is -0.271 e. The fourth-order valence-electron chi connectivity index (χ4n) is 2.55. The van der Waals surface area contributed by atoms with Gasteiger partial charge in [0.1, 0.15) is 6.54 Å². The van der Waals surface area contributed by atoms with Crippen molar-refractivity contribution in [1.29, 1.82) is 0 Å². The standard InChI is InChI=1S/C18H20N6O2/c1-13-8-14(2)24(22-13)12-17(25)20-21-18(26)16-9-19-23(11-16)10-15-6-4-3-5-7-15/h3-9,11H,10,12H2,1-2H3,(H,20,25)(H,21,26). The third kappa shape index (κ3) is 4.35. The van der Waals surface area contributed by atoms with Crippen LogP contribution in [-0.4, -0.2) is 31.4 Å². The topological polar surface area (TPSA) is 93.8 Å². The number of aromatic nitrogens is 4. The molecular weight excluding hydrogens is 332 g/mol. The zero-order valence-corrected chi connectivity index (χ0v) is 14.6. The molecule has 8 nitrogen and oxygen atoms in total. The molecule has 2 heterocycles. The Hall–Kier alpha value is -3.42. The van der Waals surface area contributed by atoms with Gasteiger partial charge < -0.3 is 0 Å². The zero-order chi connectivity index (χ0) is 18.5. The van der Waals surface area contributed by atoms with Gasteiger partial charge >= 0.3 is 0 Å². The molecule has 0 aliphatic heterocycles. The Balaban J connectivity index is 1.52. The highest BCUT2D eigenvalue weighted by Gasteiger charge is 2.11. The molecule has 2 amide bonds. The third-order valence-corrected chi connectivity index (χ3v) is 3.80. The van der Waals surface area contributed by atoms with Gasteiger partial charge in [-0.2, -0.15) is 10.2 Å². The molecule has 0 fully saturated rings. The zero-order valence-electron chi connectivity index (χ0n) is 14.6. The van der Waals surface area contributed by atoms with E-state index < -0.39 is 5.91 Å². The summed E-state index contributed by atoms with van der Waals surface area (Å²) >= 11 is 0. The highest BCUT2D eigenvalue weighted by molar-refractivity contribution is 5.94.